The monoisotopic (exact) mass is 420 g/mol. The first-order chi connectivity index (χ1) is 15.6. The van der Waals surface area contributed by atoms with Gasteiger partial charge in [0, 0.05) is 24.3 Å². The number of fused-ring (bicyclic) bond motifs is 1. The number of aryl methyl sites for hydroxylation is 1. The van der Waals surface area contributed by atoms with E-state index in [1.165, 1.54) is 12.0 Å². The van der Waals surface area contributed by atoms with Crippen LogP contribution in [0.25, 0.3) is 44.8 Å². The number of benzene rings is 2. The molecule has 5 aromatic rings. The Morgan fingerprint density at radius 3 is 2.38 bits per heavy atom. The molecule has 0 atom stereocenters. The van der Waals surface area contributed by atoms with Gasteiger partial charge in [-0.3, -0.25) is 5.10 Å². The smallest absolute Gasteiger partial charge is 0.163 e. The summed E-state index contributed by atoms with van der Waals surface area (Å²) in [5.41, 5.74) is 14.9. The Bertz CT molecular complexity index is 1390. The SMILES string of the molecule is Cn1c(-c2ccccc2)c(-c2ccc(C3(N)CCC3)cc2)c2nc(-c3cn[nH]c3)ncc21. The molecule has 6 heteroatoms. The first kappa shape index (κ1) is 19.0. The number of H-pyrrole nitrogens is 1. The lowest BCUT2D eigenvalue weighted by atomic mass is 9.72. The maximum absolute atomic E-state index is 6.57. The molecule has 0 amide bonds. The predicted molar refractivity (Wildman–Crippen MR) is 127 cm³/mol. The third-order valence-corrected chi connectivity index (χ3v) is 6.74. The Labute approximate surface area is 186 Å². The molecule has 3 N–H and O–H groups in total. The van der Waals surface area contributed by atoms with E-state index < -0.39 is 0 Å². The van der Waals surface area contributed by atoms with E-state index in [2.05, 4.69) is 75.3 Å². The van der Waals surface area contributed by atoms with Crippen molar-refractivity contribution in [2.24, 2.45) is 12.8 Å². The third kappa shape index (κ3) is 2.87. The van der Waals surface area contributed by atoms with E-state index in [1.54, 1.807) is 6.20 Å². The van der Waals surface area contributed by atoms with Gasteiger partial charge < -0.3 is 10.3 Å². The Morgan fingerprint density at radius 1 is 0.938 bits per heavy atom. The number of nitrogens with two attached hydrogens (primary N) is 1. The fourth-order valence-corrected chi connectivity index (χ4v) is 4.74. The highest BCUT2D eigenvalue weighted by Crippen LogP contribution is 2.42. The summed E-state index contributed by atoms with van der Waals surface area (Å²) in [5.74, 6) is 0.657. The summed E-state index contributed by atoms with van der Waals surface area (Å²) < 4.78 is 2.18. The van der Waals surface area contributed by atoms with Crippen LogP contribution in [0.5, 0.6) is 0 Å². The van der Waals surface area contributed by atoms with Crippen molar-refractivity contribution in [3.8, 4) is 33.8 Å². The maximum atomic E-state index is 6.57. The normalized spacial score (nSPS) is 15.1. The molecular formula is C26H24N6. The summed E-state index contributed by atoms with van der Waals surface area (Å²) in [6.45, 7) is 0. The Kier molecular flexibility index (Phi) is 4.23. The molecule has 32 heavy (non-hydrogen) atoms. The molecule has 6 rings (SSSR count). The average molecular weight is 421 g/mol. The third-order valence-electron chi connectivity index (χ3n) is 6.74. The van der Waals surface area contributed by atoms with Crippen molar-refractivity contribution in [3.05, 3.63) is 78.8 Å². The molecule has 0 aliphatic heterocycles. The van der Waals surface area contributed by atoms with Crippen LogP contribution in [0.3, 0.4) is 0 Å². The summed E-state index contributed by atoms with van der Waals surface area (Å²) >= 11 is 0. The van der Waals surface area contributed by atoms with E-state index >= 15 is 0 Å². The lowest BCUT2D eigenvalue weighted by Crippen LogP contribution is -2.43. The number of hydrogen-bond donors (Lipinski definition) is 2. The molecule has 0 bridgehead atoms. The number of aromatic amines is 1. The highest BCUT2D eigenvalue weighted by Gasteiger charge is 2.34. The van der Waals surface area contributed by atoms with Crippen LogP contribution in [0.1, 0.15) is 24.8 Å². The number of nitrogens with one attached hydrogen (secondary N) is 1. The van der Waals surface area contributed by atoms with Crippen molar-refractivity contribution < 1.29 is 0 Å². The lowest BCUT2D eigenvalue weighted by molar-refractivity contribution is 0.253. The van der Waals surface area contributed by atoms with E-state index in [1.807, 2.05) is 18.5 Å². The van der Waals surface area contributed by atoms with Crippen molar-refractivity contribution in [1.29, 1.82) is 0 Å². The quantitative estimate of drug-likeness (QED) is 0.427. The van der Waals surface area contributed by atoms with Gasteiger partial charge >= 0.3 is 0 Å². The van der Waals surface area contributed by atoms with E-state index in [0.29, 0.717) is 5.82 Å². The predicted octanol–water partition coefficient (Wildman–Crippen LogP) is 5.03. The van der Waals surface area contributed by atoms with Crippen LogP contribution in [-0.2, 0) is 12.6 Å². The number of nitrogens with zero attached hydrogens (tertiary/aromatic N) is 4. The van der Waals surface area contributed by atoms with Crippen LogP contribution in [0.2, 0.25) is 0 Å². The second-order valence-electron chi connectivity index (χ2n) is 8.65. The standard InChI is InChI=1S/C26H24N6/c1-32-21-16-28-25(19-14-29-30-15-19)31-23(21)22(24(32)18-6-3-2-4-7-18)17-8-10-20(11-9-17)26(27)12-5-13-26/h2-4,6-11,14-16H,5,12-13,27H2,1H3,(H,29,30). The van der Waals surface area contributed by atoms with Crippen LogP contribution in [0.4, 0.5) is 0 Å². The summed E-state index contributed by atoms with van der Waals surface area (Å²) in [5, 5.41) is 6.90. The molecule has 2 aromatic carbocycles. The molecule has 1 aliphatic rings. The molecule has 158 valence electrons. The zero-order valence-corrected chi connectivity index (χ0v) is 17.9. The molecule has 1 aliphatic carbocycles. The van der Waals surface area contributed by atoms with Gasteiger partial charge in [-0.05, 0) is 36.0 Å². The Balaban J connectivity index is 1.59. The molecule has 1 fully saturated rings. The number of aromatic nitrogens is 5. The molecule has 6 nitrogen and oxygen atoms in total. The largest absolute Gasteiger partial charge is 0.341 e. The van der Waals surface area contributed by atoms with Crippen molar-refractivity contribution in [1.82, 2.24) is 24.7 Å². The molecule has 1 saturated carbocycles. The second kappa shape index (κ2) is 7.14. The number of rotatable bonds is 4. The first-order valence-electron chi connectivity index (χ1n) is 10.9. The van der Waals surface area contributed by atoms with Gasteiger partial charge in [-0.2, -0.15) is 5.10 Å². The van der Waals surface area contributed by atoms with Gasteiger partial charge in [-0.15, -0.1) is 0 Å². The van der Waals surface area contributed by atoms with E-state index in [0.717, 1.165) is 51.8 Å². The zero-order valence-electron chi connectivity index (χ0n) is 17.9. The van der Waals surface area contributed by atoms with Crippen LogP contribution < -0.4 is 5.73 Å². The highest BCUT2D eigenvalue weighted by molar-refractivity contribution is 6.02. The highest BCUT2D eigenvalue weighted by atomic mass is 15.1. The minimum Gasteiger partial charge on any atom is -0.341 e. The van der Waals surface area contributed by atoms with Gasteiger partial charge in [0.1, 0.15) is 5.52 Å². The second-order valence-corrected chi connectivity index (χ2v) is 8.65. The van der Waals surface area contributed by atoms with Gasteiger partial charge in [0.05, 0.1) is 29.2 Å². The fourth-order valence-electron chi connectivity index (χ4n) is 4.74. The maximum Gasteiger partial charge on any atom is 0.163 e. The van der Waals surface area contributed by atoms with Crippen LogP contribution in [-0.4, -0.2) is 24.7 Å². The van der Waals surface area contributed by atoms with Gasteiger partial charge in [0.2, 0.25) is 0 Å². The van der Waals surface area contributed by atoms with Crippen molar-refractivity contribution in [2.45, 2.75) is 24.8 Å². The summed E-state index contributed by atoms with van der Waals surface area (Å²) in [6, 6.07) is 19.2. The minimum atomic E-state index is -0.170. The lowest BCUT2D eigenvalue weighted by Gasteiger charge is -2.38. The Morgan fingerprint density at radius 2 is 1.72 bits per heavy atom. The van der Waals surface area contributed by atoms with Crippen molar-refractivity contribution in [2.75, 3.05) is 0 Å². The van der Waals surface area contributed by atoms with Crippen molar-refractivity contribution >= 4 is 11.0 Å². The van der Waals surface area contributed by atoms with Crippen LogP contribution in [0, 0.1) is 0 Å². The van der Waals surface area contributed by atoms with Crippen LogP contribution in [0.15, 0.2) is 73.2 Å². The molecule has 0 spiro atoms. The van der Waals surface area contributed by atoms with Gasteiger partial charge in [-0.25, -0.2) is 9.97 Å². The van der Waals surface area contributed by atoms with Crippen LogP contribution >= 0.6 is 0 Å². The summed E-state index contributed by atoms with van der Waals surface area (Å²) in [7, 11) is 2.08. The molecule has 3 heterocycles. The average Bonchev–Trinajstić information content (AvgIpc) is 3.45. The molecule has 3 aromatic heterocycles. The van der Waals surface area contributed by atoms with E-state index in [9.17, 15) is 0 Å². The zero-order chi connectivity index (χ0) is 21.7. The van der Waals surface area contributed by atoms with Gasteiger partial charge in [-0.1, -0.05) is 54.6 Å². The minimum absolute atomic E-state index is 0.170. The fraction of sp³-hybridized carbons (Fsp3) is 0.192. The summed E-state index contributed by atoms with van der Waals surface area (Å²) in [6.07, 6.45) is 8.77. The summed E-state index contributed by atoms with van der Waals surface area (Å²) in [4.78, 5) is 9.59. The Hall–Kier alpha value is -3.77. The van der Waals surface area contributed by atoms with E-state index in [4.69, 9.17) is 10.7 Å². The topological polar surface area (TPSA) is 85.4 Å². The van der Waals surface area contributed by atoms with Gasteiger partial charge in [0.15, 0.2) is 5.82 Å². The van der Waals surface area contributed by atoms with E-state index in [-0.39, 0.29) is 5.54 Å². The number of hydrogen-bond acceptors (Lipinski definition) is 4. The molecule has 0 radical (unpaired) electrons. The molecule has 0 unspecified atom stereocenters. The molecule has 0 saturated heterocycles. The van der Waals surface area contributed by atoms with Gasteiger partial charge in [0.25, 0.3) is 0 Å². The van der Waals surface area contributed by atoms with Crippen molar-refractivity contribution in [3.63, 3.8) is 0 Å². The first-order valence-corrected chi connectivity index (χ1v) is 10.9. The molecular weight excluding hydrogens is 396 g/mol.